The van der Waals surface area contributed by atoms with E-state index >= 15 is 0 Å². The SMILES string of the molecule is Cc1ccc(N(C)CCC(C)C(=O)O)o1. The maximum atomic E-state index is 10.6. The summed E-state index contributed by atoms with van der Waals surface area (Å²) in [5, 5.41) is 8.73. The molecule has 0 fully saturated rings. The smallest absolute Gasteiger partial charge is 0.306 e. The Morgan fingerprint density at radius 2 is 2.27 bits per heavy atom. The topological polar surface area (TPSA) is 53.7 Å². The van der Waals surface area contributed by atoms with Gasteiger partial charge in [-0.3, -0.25) is 4.79 Å². The molecule has 84 valence electrons. The molecule has 1 aromatic rings. The van der Waals surface area contributed by atoms with Crippen LogP contribution >= 0.6 is 0 Å². The molecule has 0 aliphatic carbocycles. The minimum Gasteiger partial charge on any atom is -0.481 e. The number of aryl methyl sites for hydroxylation is 1. The third-order valence-corrected chi connectivity index (χ3v) is 2.42. The summed E-state index contributed by atoms with van der Waals surface area (Å²) in [6.07, 6.45) is 0.617. The van der Waals surface area contributed by atoms with Crippen LogP contribution in [0, 0.1) is 12.8 Å². The Balaban J connectivity index is 2.43. The number of hydrogen-bond acceptors (Lipinski definition) is 3. The number of nitrogens with zero attached hydrogens (tertiary/aromatic N) is 1. The van der Waals surface area contributed by atoms with Crippen LogP contribution in [0.25, 0.3) is 0 Å². The molecule has 1 rings (SSSR count). The summed E-state index contributed by atoms with van der Waals surface area (Å²) in [6, 6.07) is 3.78. The van der Waals surface area contributed by atoms with Crippen molar-refractivity contribution in [1.82, 2.24) is 0 Å². The second-order valence-electron chi connectivity index (χ2n) is 3.83. The molecule has 1 unspecified atom stereocenters. The van der Waals surface area contributed by atoms with Crippen molar-refractivity contribution in [2.45, 2.75) is 20.3 Å². The Bertz CT molecular complexity index is 332. The number of rotatable bonds is 5. The fraction of sp³-hybridized carbons (Fsp3) is 0.545. The molecule has 0 saturated heterocycles. The fourth-order valence-electron chi connectivity index (χ4n) is 1.25. The van der Waals surface area contributed by atoms with Crippen molar-refractivity contribution in [1.29, 1.82) is 0 Å². The molecule has 0 bridgehead atoms. The summed E-state index contributed by atoms with van der Waals surface area (Å²) < 4.78 is 5.42. The Morgan fingerprint density at radius 3 is 2.73 bits per heavy atom. The van der Waals surface area contributed by atoms with Crippen molar-refractivity contribution < 1.29 is 14.3 Å². The van der Waals surface area contributed by atoms with E-state index in [2.05, 4.69) is 0 Å². The van der Waals surface area contributed by atoms with Crippen LogP contribution in [0.3, 0.4) is 0 Å². The number of carbonyl (C=O) groups is 1. The standard InChI is InChI=1S/C11H17NO3/c1-8(11(13)14)6-7-12(3)10-5-4-9(2)15-10/h4-5,8H,6-7H2,1-3H3,(H,13,14). The molecule has 1 heterocycles. The monoisotopic (exact) mass is 211 g/mol. The van der Waals surface area contributed by atoms with E-state index in [4.69, 9.17) is 9.52 Å². The average Bonchev–Trinajstić information content (AvgIpc) is 2.60. The van der Waals surface area contributed by atoms with Gasteiger partial charge in [-0.1, -0.05) is 6.92 Å². The third-order valence-electron chi connectivity index (χ3n) is 2.42. The molecular formula is C11H17NO3. The molecule has 0 aliphatic rings. The molecule has 0 aromatic carbocycles. The van der Waals surface area contributed by atoms with Crippen LogP contribution in [0.5, 0.6) is 0 Å². The van der Waals surface area contributed by atoms with E-state index in [0.717, 1.165) is 11.6 Å². The summed E-state index contributed by atoms with van der Waals surface area (Å²) in [4.78, 5) is 12.5. The molecule has 0 radical (unpaired) electrons. The second kappa shape index (κ2) is 4.87. The lowest BCUT2D eigenvalue weighted by molar-refractivity contribution is -0.141. The molecule has 0 saturated carbocycles. The zero-order valence-electron chi connectivity index (χ0n) is 9.36. The summed E-state index contributed by atoms with van der Waals surface area (Å²) in [6.45, 7) is 4.28. The van der Waals surface area contributed by atoms with E-state index in [1.165, 1.54) is 0 Å². The first-order valence-corrected chi connectivity index (χ1v) is 5.01. The Kier molecular flexibility index (Phi) is 3.77. The molecule has 1 N–H and O–H groups in total. The molecule has 1 atom stereocenters. The number of carboxylic acid groups (broad SMARTS) is 1. The van der Waals surface area contributed by atoms with Crippen molar-refractivity contribution in [3.05, 3.63) is 17.9 Å². The van der Waals surface area contributed by atoms with Crippen LogP contribution in [-0.2, 0) is 4.79 Å². The normalized spacial score (nSPS) is 12.5. The number of carboxylic acids is 1. The lowest BCUT2D eigenvalue weighted by atomic mass is 10.1. The predicted molar refractivity (Wildman–Crippen MR) is 58.1 cm³/mol. The van der Waals surface area contributed by atoms with Crippen LogP contribution in [0.2, 0.25) is 0 Å². The van der Waals surface area contributed by atoms with Gasteiger partial charge in [0.2, 0.25) is 0 Å². The van der Waals surface area contributed by atoms with Gasteiger partial charge in [0.15, 0.2) is 5.88 Å². The van der Waals surface area contributed by atoms with Gasteiger partial charge in [-0.15, -0.1) is 0 Å². The summed E-state index contributed by atoms with van der Waals surface area (Å²) in [7, 11) is 1.90. The van der Waals surface area contributed by atoms with Gasteiger partial charge >= 0.3 is 5.97 Å². The van der Waals surface area contributed by atoms with Crippen LogP contribution in [-0.4, -0.2) is 24.7 Å². The molecule has 4 nitrogen and oxygen atoms in total. The van der Waals surface area contributed by atoms with Gasteiger partial charge in [0, 0.05) is 19.7 Å². The van der Waals surface area contributed by atoms with Crippen molar-refractivity contribution in [2.24, 2.45) is 5.92 Å². The zero-order chi connectivity index (χ0) is 11.4. The van der Waals surface area contributed by atoms with E-state index in [-0.39, 0.29) is 5.92 Å². The molecule has 1 aromatic heterocycles. The number of aliphatic carboxylic acids is 1. The fourth-order valence-corrected chi connectivity index (χ4v) is 1.25. The summed E-state index contributed by atoms with van der Waals surface area (Å²) in [5.41, 5.74) is 0. The van der Waals surface area contributed by atoms with Gasteiger partial charge < -0.3 is 14.4 Å². The highest BCUT2D eigenvalue weighted by Gasteiger charge is 2.12. The first kappa shape index (κ1) is 11.6. The van der Waals surface area contributed by atoms with E-state index < -0.39 is 5.97 Å². The van der Waals surface area contributed by atoms with Crippen LogP contribution in [0.1, 0.15) is 19.1 Å². The van der Waals surface area contributed by atoms with Gasteiger partial charge in [0.25, 0.3) is 0 Å². The lowest BCUT2D eigenvalue weighted by Gasteiger charge is -2.17. The van der Waals surface area contributed by atoms with Gasteiger partial charge in [-0.2, -0.15) is 0 Å². The summed E-state index contributed by atoms with van der Waals surface area (Å²) in [5.74, 6) is 0.579. The van der Waals surface area contributed by atoms with Crippen molar-refractivity contribution >= 4 is 11.9 Å². The highest BCUT2D eigenvalue weighted by molar-refractivity contribution is 5.69. The van der Waals surface area contributed by atoms with Crippen molar-refractivity contribution in [3.63, 3.8) is 0 Å². The molecule has 15 heavy (non-hydrogen) atoms. The van der Waals surface area contributed by atoms with Crippen molar-refractivity contribution in [3.8, 4) is 0 Å². The Morgan fingerprint density at radius 1 is 1.60 bits per heavy atom. The Hall–Kier alpha value is -1.45. The van der Waals surface area contributed by atoms with E-state index in [1.807, 2.05) is 31.0 Å². The predicted octanol–water partition coefficient (Wildman–Crippen LogP) is 2.14. The number of hydrogen-bond donors (Lipinski definition) is 1. The molecular weight excluding hydrogens is 194 g/mol. The largest absolute Gasteiger partial charge is 0.481 e. The average molecular weight is 211 g/mol. The summed E-state index contributed by atoms with van der Waals surface area (Å²) >= 11 is 0. The maximum Gasteiger partial charge on any atom is 0.306 e. The minimum atomic E-state index is -0.751. The van der Waals surface area contributed by atoms with Gasteiger partial charge in [0.05, 0.1) is 5.92 Å². The zero-order valence-corrected chi connectivity index (χ0v) is 9.36. The van der Waals surface area contributed by atoms with Gasteiger partial charge in [0.1, 0.15) is 5.76 Å². The van der Waals surface area contributed by atoms with E-state index in [9.17, 15) is 4.79 Å². The minimum absolute atomic E-state index is 0.316. The molecule has 0 spiro atoms. The third kappa shape index (κ3) is 3.31. The first-order chi connectivity index (χ1) is 7.00. The maximum absolute atomic E-state index is 10.6. The van der Waals surface area contributed by atoms with Crippen molar-refractivity contribution in [2.75, 3.05) is 18.5 Å². The van der Waals surface area contributed by atoms with E-state index in [1.54, 1.807) is 6.92 Å². The first-order valence-electron chi connectivity index (χ1n) is 5.01. The van der Waals surface area contributed by atoms with E-state index in [0.29, 0.717) is 13.0 Å². The molecule has 0 aliphatic heterocycles. The van der Waals surface area contributed by atoms with Crippen LogP contribution in [0.15, 0.2) is 16.5 Å². The molecule has 4 heteroatoms. The second-order valence-corrected chi connectivity index (χ2v) is 3.83. The highest BCUT2D eigenvalue weighted by Crippen LogP contribution is 2.17. The van der Waals surface area contributed by atoms with Gasteiger partial charge in [-0.05, 0) is 19.4 Å². The molecule has 0 amide bonds. The van der Waals surface area contributed by atoms with Crippen LogP contribution in [0.4, 0.5) is 5.88 Å². The Labute approximate surface area is 89.5 Å². The van der Waals surface area contributed by atoms with Crippen LogP contribution < -0.4 is 4.90 Å². The highest BCUT2D eigenvalue weighted by atomic mass is 16.4. The number of anilines is 1. The quantitative estimate of drug-likeness (QED) is 0.810. The van der Waals surface area contributed by atoms with Gasteiger partial charge in [-0.25, -0.2) is 0 Å². The lowest BCUT2D eigenvalue weighted by Crippen LogP contribution is -2.22. The number of furan rings is 1.